The molecular weight excluding hydrogens is 337 g/mol. The van der Waals surface area contributed by atoms with Gasteiger partial charge in [0.2, 0.25) is 0 Å². The van der Waals surface area contributed by atoms with Gasteiger partial charge in [-0.05, 0) is 63.5 Å². The average molecular weight is 366 g/mol. The molecule has 6 heteroatoms. The summed E-state index contributed by atoms with van der Waals surface area (Å²) in [6.07, 6.45) is 9.39. The number of rotatable bonds is 4. The minimum absolute atomic E-state index is 0. The highest BCUT2D eigenvalue weighted by atomic mass is 35.5. The van der Waals surface area contributed by atoms with Crippen molar-refractivity contribution in [3.63, 3.8) is 0 Å². The summed E-state index contributed by atoms with van der Waals surface area (Å²) < 4.78 is 0. The molecular formula is C16H29Cl2N3S. The molecule has 3 rings (SSSR count). The van der Waals surface area contributed by atoms with Gasteiger partial charge in [-0.3, -0.25) is 0 Å². The fraction of sp³-hybridized carbons (Fsp3) is 0.812. The van der Waals surface area contributed by atoms with Crippen molar-refractivity contribution in [2.24, 2.45) is 5.41 Å². The molecule has 128 valence electrons. The Hall–Kier alpha value is 0.130. The summed E-state index contributed by atoms with van der Waals surface area (Å²) in [5, 5.41) is 10.7. The third-order valence-corrected chi connectivity index (χ3v) is 6.11. The zero-order valence-electron chi connectivity index (χ0n) is 13.4. The Morgan fingerprint density at radius 1 is 1.23 bits per heavy atom. The van der Waals surface area contributed by atoms with Gasteiger partial charge in [0, 0.05) is 18.0 Å². The number of hydrogen-bond acceptors (Lipinski definition) is 4. The SMILES string of the molecule is CCc1csc(CNC2CCC3(CCNCC3)CC2)n1.Cl.Cl. The van der Waals surface area contributed by atoms with Crippen molar-refractivity contribution in [3.8, 4) is 0 Å². The molecule has 1 aromatic heterocycles. The Morgan fingerprint density at radius 2 is 1.91 bits per heavy atom. The number of aromatic nitrogens is 1. The Morgan fingerprint density at radius 3 is 2.50 bits per heavy atom. The van der Waals surface area contributed by atoms with Crippen molar-refractivity contribution in [2.75, 3.05) is 13.1 Å². The second kappa shape index (κ2) is 9.43. The van der Waals surface area contributed by atoms with E-state index in [4.69, 9.17) is 0 Å². The number of hydrogen-bond donors (Lipinski definition) is 2. The second-order valence-corrected chi connectivity index (χ2v) is 7.43. The molecule has 1 aromatic rings. The van der Waals surface area contributed by atoms with E-state index in [1.54, 1.807) is 11.3 Å². The van der Waals surface area contributed by atoms with Gasteiger partial charge in [0.05, 0.1) is 5.69 Å². The van der Waals surface area contributed by atoms with Crippen LogP contribution in [0.2, 0.25) is 0 Å². The van der Waals surface area contributed by atoms with Gasteiger partial charge in [0.15, 0.2) is 0 Å². The molecule has 1 saturated carbocycles. The van der Waals surface area contributed by atoms with Crippen LogP contribution in [-0.4, -0.2) is 24.1 Å². The Bertz CT molecular complexity index is 423. The van der Waals surface area contributed by atoms with Crippen molar-refractivity contribution in [2.45, 2.75) is 64.5 Å². The molecule has 0 bridgehead atoms. The summed E-state index contributed by atoms with van der Waals surface area (Å²) in [5.41, 5.74) is 1.92. The summed E-state index contributed by atoms with van der Waals surface area (Å²) in [5.74, 6) is 0. The van der Waals surface area contributed by atoms with E-state index in [1.807, 2.05) is 0 Å². The lowest BCUT2D eigenvalue weighted by molar-refractivity contribution is 0.115. The molecule has 1 aliphatic heterocycles. The van der Waals surface area contributed by atoms with Gasteiger partial charge in [-0.2, -0.15) is 0 Å². The minimum atomic E-state index is 0. The lowest BCUT2D eigenvalue weighted by Gasteiger charge is -2.43. The first-order chi connectivity index (χ1) is 9.80. The van der Waals surface area contributed by atoms with Crippen LogP contribution in [0.3, 0.4) is 0 Å². The fourth-order valence-corrected chi connectivity index (χ4v) is 4.54. The monoisotopic (exact) mass is 365 g/mol. The maximum absolute atomic E-state index is 4.64. The molecule has 0 unspecified atom stereocenters. The Labute approximate surface area is 150 Å². The normalized spacial score (nSPS) is 21.1. The van der Waals surface area contributed by atoms with Gasteiger partial charge in [0.25, 0.3) is 0 Å². The van der Waals surface area contributed by atoms with Crippen LogP contribution in [0, 0.1) is 5.41 Å². The van der Waals surface area contributed by atoms with Crippen molar-refractivity contribution in [1.29, 1.82) is 0 Å². The van der Waals surface area contributed by atoms with Gasteiger partial charge in [-0.15, -0.1) is 36.2 Å². The number of aryl methyl sites for hydroxylation is 1. The summed E-state index contributed by atoms with van der Waals surface area (Å²) in [7, 11) is 0. The zero-order chi connectivity index (χ0) is 13.8. The largest absolute Gasteiger partial charge is 0.317 e. The fourth-order valence-electron chi connectivity index (χ4n) is 3.72. The maximum Gasteiger partial charge on any atom is 0.107 e. The van der Waals surface area contributed by atoms with E-state index in [9.17, 15) is 0 Å². The molecule has 1 saturated heterocycles. The summed E-state index contributed by atoms with van der Waals surface area (Å²) in [6.45, 7) is 5.60. The predicted molar refractivity (Wildman–Crippen MR) is 99.6 cm³/mol. The van der Waals surface area contributed by atoms with Crippen LogP contribution in [0.5, 0.6) is 0 Å². The van der Waals surface area contributed by atoms with E-state index < -0.39 is 0 Å². The second-order valence-electron chi connectivity index (χ2n) is 6.49. The Kier molecular flexibility index (Phi) is 8.65. The van der Waals surface area contributed by atoms with Gasteiger partial charge in [-0.1, -0.05) is 6.92 Å². The van der Waals surface area contributed by atoms with E-state index in [0.717, 1.165) is 13.0 Å². The highest BCUT2D eigenvalue weighted by Gasteiger charge is 2.35. The highest BCUT2D eigenvalue weighted by Crippen LogP contribution is 2.43. The first-order valence-electron chi connectivity index (χ1n) is 8.17. The van der Waals surface area contributed by atoms with Crippen LogP contribution in [0.1, 0.15) is 56.2 Å². The van der Waals surface area contributed by atoms with Crippen molar-refractivity contribution < 1.29 is 0 Å². The van der Waals surface area contributed by atoms with Crippen LogP contribution in [0.15, 0.2) is 5.38 Å². The molecule has 2 fully saturated rings. The number of nitrogens with zero attached hydrogens (tertiary/aromatic N) is 1. The van der Waals surface area contributed by atoms with Crippen molar-refractivity contribution in [3.05, 3.63) is 16.1 Å². The maximum atomic E-state index is 4.64. The van der Waals surface area contributed by atoms with E-state index >= 15 is 0 Å². The highest BCUT2D eigenvalue weighted by molar-refractivity contribution is 7.09. The summed E-state index contributed by atoms with van der Waals surface area (Å²) in [6, 6.07) is 0.712. The molecule has 0 radical (unpaired) electrons. The third kappa shape index (κ3) is 5.07. The zero-order valence-corrected chi connectivity index (χ0v) is 15.8. The third-order valence-electron chi connectivity index (χ3n) is 5.21. The minimum Gasteiger partial charge on any atom is -0.317 e. The first-order valence-corrected chi connectivity index (χ1v) is 9.05. The van der Waals surface area contributed by atoms with E-state index in [1.165, 1.54) is 62.3 Å². The number of halogens is 2. The molecule has 2 aliphatic rings. The van der Waals surface area contributed by atoms with Crippen LogP contribution in [0.25, 0.3) is 0 Å². The summed E-state index contributed by atoms with van der Waals surface area (Å²) in [4.78, 5) is 4.64. The van der Waals surface area contributed by atoms with Crippen LogP contribution < -0.4 is 10.6 Å². The number of piperidine rings is 1. The standard InChI is InChI=1S/C16H27N3S.2ClH/c1-2-13-12-20-15(19-13)11-18-14-3-5-16(6-4-14)7-9-17-10-8-16;;/h12,14,17-18H,2-11H2,1H3;2*1H. The number of nitrogens with one attached hydrogen (secondary N) is 2. The molecule has 0 atom stereocenters. The molecule has 1 spiro atoms. The Balaban J connectivity index is 0.00000121. The molecule has 0 aromatic carbocycles. The lowest BCUT2D eigenvalue weighted by Crippen LogP contribution is -2.42. The van der Waals surface area contributed by atoms with Gasteiger partial charge >= 0.3 is 0 Å². The molecule has 2 heterocycles. The lowest BCUT2D eigenvalue weighted by atomic mass is 9.67. The van der Waals surface area contributed by atoms with Crippen LogP contribution >= 0.6 is 36.2 Å². The van der Waals surface area contributed by atoms with Gasteiger partial charge in [-0.25, -0.2) is 4.98 Å². The van der Waals surface area contributed by atoms with Gasteiger partial charge < -0.3 is 10.6 Å². The molecule has 2 N–H and O–H groups in total. The van der Waals surface area contributed by atoms with Crippen molar-refractivity contribution in [1.82, 2.24) is 15.6 Å². The van der Waals surface area contributed by atoms with Crippen molar-refractivity contribution >= 4 is 36.2 Å². The quantitative estimate of drug-likeness (QED) is 0.847. The first kappa shape index (κ1) is 20.2. The van der Waals surface area contributed by atoms with E-state index in [0.29, 0.717) is 11.5 Å². The average Bonchev–Trinajstić information content (AvgIpc) is 2.96. The molecule has 22 heavy (non-hydrogen) atoms. The summed E-state index contributed by atoms with van der Waals surface area (Å²) >= 11 is 1.80. The van der Waals surface area contributed by atoms with E-state index in [-0.39, 0.29) is 24.8 Å². The predicted octanol–water partition coefficient (Wildman–Crippen LogP) is 3.95. The van der Waals surface area contributed by atoms with Crippen LogP contribution in [-0.2, 0) is 13.0 Å². The van der Waals surface area contributed by atoms with E-state index in [2.05, 4.69) is 27.9 Å². The smallest absolute Gasteiger partial charge is 0.107 e. The number of thiazole rings is 1. The molecule has 1 aliphatic carbocycles. The van der Waals surface area contributed by atoms with Crippen LogP contribution in [0.4, 0.5) is 0 Å². The molecule has 3 nitrogen and oxygen atoms in total. The van der Waals surface area contributed by atoms with Gasteiger partial charge in [0.1, 0.15) is 5.01 Å². The molecule has 0 amide bonds. The topological polar surface area (TPSA) is 37.0 Å².